The van der Waals surface area contributed by atoms with E-state index in [-0.39, 0.29) is 12.3 Å². The molecule has 82 valence electrons. The van der Waals surface area contributed by atoms with Crippen molar-refractivity contribution in [3.63, 3.8) is 0 Å². The number of carboxylic acid groups (broad SMARTS) is 1. The van der Waals surface area contributed by atoms with Crippen molar-refractivity contribution in [1.82, 2.24) is 5.32 Å². The van der Waals surface area contributed by atoms with Crippen molar-refractivity contribution < 1.29 is 19.1 Å². The number of carbonyl (C=O) groups is 2. The predicted octanol–water partition coefficient (Wildman–Crippen LogP) is 1.69. The van der Waals surface area contributed by atoms with E-state index in [4.69, 9.17) is 9.52 Å². The molecule has 1 heterocycles. The minimum Gasteiger partial charge on any atom is -0.481 e. The molecule has 6 heteroatoms. The average Bonchev–Trinajstić information content (AvgIpc) is 2.48. The number of hydrogen-bond acceptors (Lipinski definition) is 3. The lowest BCUT2D eigenvalue weighted by molar-refractivity contribution is -0.137. The van der Waals surface area contributed by atoms with Crippen LogP contribution in [-0.4, -0.2) is 17.0 Å². The second kappa shape index (κ2) is 4.97. The average molecular weight is 276 g/mol. The van der Waals surface area contributed by atoms with E-state index in [1.165, 1.54) is 6.92 Å². The number of nitrogens with one attached hydrogen (secondary N) is 1. The molecule has 1 amide bonds. The fraction of sp³-hybridized carbons (Fsp3) is 0.333. The standard InChI is InChI=1S/C9H10BrNO4/c1-5(12)11-6(4-9(13)14)7-2-3-8(10)15-7/h2-3,6H,4H2,1H3,(H,11,12)(H,13,14). The lowest BCUT2D eigenvalue weighted by atomic mass is 10.1. The van der Waals surface area contributed by atoms with E-state index < -0.39 is 12.0 Å². The topological polar surface area (TPSA) is 79.5 Å². The molecular formula is C9H10BrNO4. The minimum atomic E-state index is -0.999. The van der Waals surface area contributed by atoms with Crippen molar-refractivity contribution in [2.45, 2.75) is 19.4 Å². The molecule has 1 rings (SSSR count). The predicted molar refractivity (Wildman–Crippen MR) is 55.2 cm³/mol. The number of furan rings is 1. The third-order valence-corrected chi connectivity index (χ3v) is 2.12. The number of carboxylic acids is 1. The van der Waals surface area contributed by atoms with Crippen LogP contribution in [0.25, 0.3) is 0 Å². The van der Waals surface area contributed by atoms with E-state index in [0.717, 1.165) is 0 Å². The van der Waals surface area contributed by atoms with Crippen molar-refractivity contribution >= 4 is 27.8 Å². The molecule has 15 heavy (non-hydrogen) atoms. The second-order valence-corrected chi connectivity index (χ2v) is 3.77. The van der Waals surface area contributed by atoms with Gasteiger partial charge in [-0.3, -0.25) is 9.59 Å². The molecule has 0 aliphatic rings. The zero-order valence-electron chi connectivity index (χ0n) is 7.99. The van der Waals surface area contributed by atoms with Crippen LogP contribution < -0.4 is 5.32 Å². The van der Waals surface area contributed by atoms with E-state index >= 15 is 0 Å². The maximum Gasteiger partial charge on any atom is 0.305 e. The summed E-state index contributed by atoms with van der Waals surface area (Å²) in [6.45, 7) is 1.33. The number of halogens is 1. The van der Waals surface area contributed by atoms with Gasteiger partial charge in [-0.1, -0.05) is 0 Å². The molecule has 1 aromatic rings. The van der Waals surface area contributed by atoms with Gasteiger partial charge in [0.1, 0.15) is 5.76 Å². The highest BCUT2D eigenvalue weighted by Gasteiger charge is 2.19. The Labute approximate surface area is 94.6 Å². The first kappa shape index (κ1) is 11.8. The molecule has 0 spiro atoms. The van der Waals surface area contributed by atoms with E-state index in [0.29, 0.717) is 10.4 Å². The Kier molecular flexibility index (Phi) is 3.90. The SMILES string of the molecule is CC(=O)NC(CC(=O)O)c1ccc(Br)o1. The second-order valence-electron chi connectivity index (χ2n) is 2.99. The summed E-state index contributed by atoms with van der Waals surface area (Å²) in [7, 11) is 0. The number of hydrogen-bond donors (Lipinski definition) is 2. The van der Waals surface area contributed by atoms with Crippen molar-refractivity contribution in [1.29, 1.82) is 0 Å². The first-order chi connectivity index (χ1) is 6.99. The molecule has 0 aliphatic heterocycles. The van der Waals surface area contributed by atoms with Gasteiger partial charge in [-0.05, 0) is 28.1 Å². The van der Waals surface area contributed by atoms with Gasteiger partial charge in [-0.15, -0.1) is 0 Å². The summed E-state index contributed by atoms with van der Waals surface area (Å²) >= 11 is 3.11. The highest BCUT2D eigenvalue weighted by atomic mass is 79.9. The fourth-order valence-corrected chi connectivity index (χ4v) is 1.48. The smallest absolute Gasteiger partial charge is 0.305 e. The highest BCUT2D eigenvalue weighted by Crippen LogP contribution is 2.22. The first-order valence-electron chi connectivity index (χ1n) is 4.23. The summed E-state index contributed by atoms with van der Waals surface area (Å²) in [4.78, 5) is 21.4. The Morgan fingerprint density at radius 2 is 2.27 bits per heavy atom. The number of carbonyl (C=O) groups excluding carboxylic acids is 1. The van der Waals surface area contributed by atoms with Crippen LogP contribution in [0.3, 0.4) is 0 Å². The maximum atomic E-state index is 10.9. The Balaban J connectivity index is 2.80. The molecule has 1 atom stereocenters. The first-order valence-corrected chi connectivity index (χ1v) is 5.02. The molecule has 2 N–H and O–H groups in total. The maximum absolute atomic E-state index is 10.9. The summed E-state index contributed by atoms with van der Waals surface area (Å²) in [6, 6.07) is 2.63. The minimum absolute atomic E-state index is 0.209. The zero-order chi connectivity index (χ0) is 11.4. The van der Waals surface area contributed by atoms with Gasteiger partial charge in [0.15, 0.2) is 4.67 Å². The van der Waals surface area contributed by atoms with Gasteiger partial charge in [0.25, 0.3) is 0 Å². The van der Waals surface area contributed by atoms with E-state index in [1.807, 2.05) is 0 Å². The molecule has 0 saturated carbocycles. The lowest BCUT2D eigenvalue weighted by Crippen LogP contribution is -2.27. The third-order valence-electron chi connectivity index (χ3n) is 1.69. The highest BCUT2D eigenvalue weighted by molar-refractivity contribution is 9.10. The monoisotopic (exact) mass is 275 g/mol. The molecule has 1 unspecified atom stereocenters. The van der Waals surface area contributed by atoms with Gasteiger partial charge in [-0.25, -0.2) is 0 Å². The van der Waals surface area contributed by atoms with Crippen molar-refractivity contribution in [2.24, 2.45) is 0 Å². The third kappa shape index (κ3) is 3.75. The van der Waals surface area contributed by atoms with Crippen LogP contribution in [0.15, 0.2) is 21.2 Å². The van der Waals surface area contributed by atoms with Crippen molar-refractivity contribution in [2.75, 3.05) is 0 Å². The molecule has 0 aliphatic carbocycles. The Hall–Kier alpha value is -1.30. The summed E-state index contributed by atoms with van der Waals surface area (Å²) in [5.74, 6) is -0.880. The van der Waals surface area contributed by atoms with E-state index in [1.54, 1.807) is 12.1 Å². The zero-order valence-corrected chi connectivity index (χ0v) is 9.58. The van der Waals surface area contributed by atoms with Gasteiger partial charge in [0.2, 0.25) is 5.91 Å². The lowest BCUT2D eigenvalue weighted by Gasteiger charge is -2.12. The molecule has 1 aromatic heterocycles. The number of aliphatic carboxylic acids is 1. The van der Waals surface area contributed by atoms with Crippen LogP contribution in [0, 0.1) is 0 Å². The van der Waals surface area contributed by atoms with Crippen molar-refractivity contribution in [3.8, 4) is 0 Å². The van der Waals surface area contributed by atoms with Crippen LogP contribution in [-0.2, 0) is 9.59 Å². The molecule has 0 aromatic carbocycles. The van der Waals surface area contributed by atoms with Crippen LogP contribution in [0.1, 0.15) is 25.1 Å². The van der Waals surface area contributed by atoms with Gasteiger partial charge >= 0.3 is 5.97 Å². The fourth-order valence-electron chi connectivity index (χ4n) is 1.16. The normalized spacial score (nSPS) is 12.1. The van der Waals surface area contributed by atoms with Gasteiger partial charge in [-0.2, -0.15) is 0 Å². The summed E-state index contributed by atoms with van der Waals surface area (Å²) in [5, 5.41) is 11.2. The number of amides is 1. The molecule has 5 nitrogen and oxygen atoms in total. The molecule has 0 saturated heterocycles. The van der Waals surface area contributed by atoms with Crippen molar-refractivity contribution in [3.05, 3.63) is 22.6 Å². The summed E-state index contributed by atoms with van der Waals surface area (Å²) < 4.78 is 5.68. The van der Waals surface area contributed by atoms with Gasteiger partial charge in [0.05, 0.1) is 12.5 Å². The Morgan fingerprint density at radius 1 is 1.60 bits per heavy atom. The molecular weight excluding hydrogens is 266 g/mol. The van der Waals surface area contributed by atoms with Crippen LogP contribution in [0.4, 0.5) is 0 Å². The van der Waals surface area contributed by atoms with Crippen LogP contribution >= 0.6 is 15.9 Å². The Morgan fingerprint density at radius 3 is 2.67 bits per heavy atom. The number of rotatable bonds is 4. The molecule has 0 bridgehead atoms. The molecule has 0 radical (unpaired) electrons. The van der Waals surface area contributed by atoms with Crippen LogP contribution in [0.2, 0.25) is 0 Å². The van der Waals surface area contributed by atoms with Gasteiger partial charge < -0.3 is 14.8 Å². The summed E-state index contributed by atoms with van der Waals surface area (Å²) in [6.07, 6.45) is -0.209. The van der Waals surface area contributed by atoms with Crippen LogP contribution in [0.5, 0.6) is 0 Å². The largest absolute Gasteiger partial charge is 0.481 e. The van der Waals surface area contributed by atoms with Gasteiger partial charge in [0, 0.05) is 6.92 Å². The summed E-state index contributed by atoms with van der Waals surface area (Å²) in [5.41, 5.74) is 0. The Bertz CT molecular complexity index is 358. The molecule has 0 fully saturated rings. The quantitative estimate of drug-likeness (QED) is 0.877. The van der Waals surface area contributed by atoms with E-state index in [9.17, 15) is 9.59 Å². The van der Waals surface area contributed by atoms with E-state index in [2.05, 4.69) is 21.2 Å².